The highest BCUT2D eigenvalue weighted by atomic mass is 19.1. The molecule has 7 heteroatoms. The number of fused-ring (bicyclic) bond motifs is 1. The molecule has 0 spiro atoms. The van der Waals surface area contributed by atoms with E-state index in [4.69, 9.17) is 4.74 Å². The van der Waals surface area contributed by atoms with Crippen molar-refractivity contribution in [1.29, 1.82) is 0 Å². The minimum atomic E-state index is -1.37. The van der Waals surface area contributed by atoms with E-state index in [1.165, 1.54) is 19.3 Å². The first-order valence-corrected chi connectivity index (χ1v) is 10.1. The SMILES string of the molecule is CCCCC(F)[C@H](O)C=C[C@@H]1[C@H]2[C@H](F)C(=CCCCC(=O)OC)O[C@@H]2C[C@H]1O. The molecule has 1 aliphatic carbocycles. The summed E-state index contributed by atoms with van der Waals surface area (Å²) < 4.78 is 39.1. The Morgan fingerprint density at radius 2 is 2.18 bits per heavy atom. The van der Waals surface area contributed by atoms with Gasteiger partial charge in [-0.25, -0.2) is 8.78 Å². The molecular formula is C21H32F2O5. The number of allylic oxidation sites excluding steroid dienone is 2. The lowest BCUT2D eigenvalue weighted by atomic mass is 9.89. The van der Waals surface area contributed by atoms with Gasteiger partial charge < -0.3 is 19.7 Å². The van der Waals surface area contributed by atoms with Crippen molar-refractivity contribution < 1.29 is 33.3 Å². The monoisotopic (exact) mass is 402 g/mol. The molecule has 0 aromatic carbocycles. The molecule has 1 saturated heterocycles. The summed E-state index contributed by atoms with van der Waals surface area (Å²) in [5.74, 6) is -1.17. The van der Waals surface area contributed by atoms with Crippen LogP contribution in [0, 0.1) is 11.8 Å². The highest BCUT2D eigenvalue weighted by Gasteiger charge is 2.53. The number of alkyl halides is 2. The highest BCUT2D eigenvalue weighted by Crippen LogP contribution is 2.47. The molecule has 2 N–H and O–H groups in total. The number of hydrogen-bond donors (Lipinski definition) is 2. The molecule has 7 atom stereocenters. The fourth-order valence-electron chi connectivity index (χ4n) is 3.94. The number of rotatable bonds is 10. The van der Waals surface area contributed by atoms with Crippen LogP contribution in [0.2, 0.25) is 0 Å². The van der Waals surface area contributed by atoms with Crippen LogP contribution < -0.4 is 0 Å². The van der Waals surface area contributed by atoms with Gasteiger partial charge in [0, 0.05) is 24.7 Å². The Balaban J connectivity index is 1.93. The third-order valence-electron chi connectivity index (χ3n) is 5.58. The van der Waals surface area contributed by atoms with Crippen LogP contribution in [0.5, 0.6) is 0 Å². The van der Waals surface area contributed by atoms with Gasteiger partial charge in [-0.1, -0.05) is 31.9 Å². The maximum absolute atomic E-state index is 14.9. The van der Waals surface area contributed by atoms with Crippen LogP contribution in [0.1, 0.15) is 51.9 Å². The first-order chi connectivity index (χ1) is 13.4. The third-order valence-corrected chi connectivity index (χ3v) is 5.58. The van der Waals surface area contributed by atoms with Crippen molar-refractivity contribution in [2.24, 2.45) is 11.8 Å². The molecule has 1 unspecified atom stereocenters. The number of hydrogen-bond acceptors (Lipinski definition) is 5. The minimum Gasteiger partial charge on any atom is -0.491 e. The Kier molecular flexibility index (Phi) is 8.89. The molecule has 2 fully saturated rings. The molecule has 5 nitrogen and oxygen atoms in total. The van der Waals surface area contributed by atoms with Crippen molar-refractivity contribution in [2.45, 2.75) is 82.5 Å². The third kappa shape index (κ3) is 5.77. The molecule has 0 bridgehead atoms. The van der Waals surface area contributed by atoms with Gasteiger partial charge in [0.25, 0.3) is 0 Å². The van der Waals surface area contributed by atoms with Crippen LogP contribution in [0.25, 0.3) is 0 Å². The lowest BCUT2D eigenvalue weighted by molar-refractivity contribution is -0.140. The Labute approximate surface area is 165 Å². The van der Waals surface area contributed by atoms with E-state index in [0.29, 0.717) is 25.7 Å². The smallest absolute Gasteiger partial charge is 0.305 e. The summed E-state index contributed by atoms with van der Waals surface area (Å²) in [6.45, 7) is 1.95. The maximum atomic E-state index is 14.9. The summed E-state index contributed by atoms with van der Waals surface area (Å²) in [6, 6.07) is 0. The molecule has 0 aromatic rings. The largest absolute Gasteiger partial charge is 0.491 e. The molecule has 1 heterocycles. The number of halogens is 2. The molecular weight excluding hydrogens is 370 g/mol. The van der Waals surface area contributed by atoms with Crippen molar-refractivity contribution in [3.8, 4) is 0 Å². The van der Waals surface area contributed by atoms with Gasteiger partial charge in [0.05, 0.1) is 13.2 Å². The average molecular weight is 402 g/mol. The summed E-state index contributed by atoms with van der Waals surface area (Å²) in [6.07, 6.45) is 2.70. The van der Waals surface area contributed by atoms with Crippen LogP contribution in [0.4, 0.5) is 8.78 Å². The first kappa shape index (κ1) is 22.8. The zero-order chi connectivity index (χ0) is 20.7. The Morgan fingerprint density at radius 3 is 2.86 bits per heavy atom. The summed E-state index contributed by atoms with van der Waals surface area (Å²) >= 11 is 0. The van der Waals surface area contributed by atoms with Gasteiger partial charge in [-0.3, -0.25) is 4.79 Å². The highest BCUT2D eigenvalue weighted by molar-refractivity contribution is 5.69. The van der Waals surface area contributed by atoms with E-state index in [0.717, 1.165) is 6.42 Å². The number of aliphatic hydroxyl groups is 2. The van der Waals surface area contributed by atoms with Gasteiger partial charge >= 0.3 is 5.97 Å². The van der Waals surface area contributed by atoms with E-state index in [1.54, 1.807) is 6.08 Å². The molecule has 28 heavy (non-hydrogen) atoms. The molecule has 160 valence electrons. The van der Waals surface area contributed by atoms with Crippen LogP contribution in [0.15, 0.2) is 24.0 Å². The fourth-order valence-corrected chi connectivity index (χ4v) is 3.94. The molecule has 0 amide bonds. The number of carbonyl (C=O) groups is 1. The van der Waals surface area contributed by atoms with Crippen LogP contribution in [0.3, 0.4) is 0 Å². The van der Waals surface area contributed by atoms with Crippen molar-refractivity contribution in [3.63, 3.8) is 0 Å². The summed E-state index contributed by atoms with van der Waals surface area (Å²) in [4.78, 5) is 11.1. The van der Waals surface area contributed by atoms with Gasteiger partial charge in [0.2, 0.25) is 0 Å². The normalized spacial score (nSPS) is 33.1. The number of carbonyl (C=O) groups excluding carboxylic acids is 1. The van der Waals surface area contributed by atoms with E-state index in [1.807, 2.05) is 6.92 Å². The Bertz CT molecular complexity index is 565. The van der Waals surface area contributed by atoms with Gasteiger partial charge in [-0.2, -0.15) is 0 Å². The van der Waals surface area contributed by atoms with E-state index in [-0.39, 0.29) is 24.6 Å². The van der Waals surface area contributed by atoms with Crippen LogP contribution in [-0.2, 0) is 14.3 Å². The predicted molar refractivity (Wildman–Crippen MR) is 101 cm³/mol. The number of ether oxygens (including phenoxy) is 2. The molecule has 0 radical (unpaired) electrons. The molecule has 2 aliphatic rings. The van der Waals surface area contributed by atoms with Crippen molar-refractivity contribution in [2.75, 3.05) is 7.11 Å². The van der Waals surface area contributed by atoms with Crippen LogP contribution in [-0.4, -0.2) is 53.9 Å². The summed E-state index contributed by atoms with van der Waals surface area (Å²) in [5, 5.41) is 20.2. The van der Waals surface area contributed by atoms with Gasteiger partial charge in [-0.05, 0) is 25.3 Å². The van der Waals surface area contributed by atoms with Gasteiger partial charge in [-0.15, -0.1) is 0 Å². The number of unbranched alkanes of at least 4 members (excludes halogenated alkanes) is 2. The van der Waals surface area contributed by atoms with E-state index >= 15 is 0 Å². The number of methoxy groups -OCH3 is 1. The first-order valence-electron chi connectivity index (χ1n) is 10.1. The topological polar surface area (TPSA) is 76.0 Å². The summed E-state index contributed by atoms with van der Waals surface area (Å²) in [7, 11) is 1.32. The Hall–Kier alpha value is -1.47. The lowest BCUT2D eigenvalue weighted by Gasteiger charge is -2.19. The van der Waals surface area contributed by atoms with Crippen molar-refractivity contribution >= 4 is 5.97 Å². The molecule has 0 aromatic heterocycles. The van der Waals surface area contributed by atoms with Crippen molar-refractivity contribution in [1.82, 2.24) is 0 Å². The van der Waals surface area contributed by atoms with E-state index < -0.39 is 42.5 Å². The predicted octanol–water partition coefficient (Wildman–Crippen LogP) is 3.39. The van der Waals surface area contributed by atoms with Gasteiger partial charge in [0.1, 0.15) is 24.1 Å². The van der Waals surface area contributed by atoms with Gasteiger partial charge in [0.15, 0.2) is 6.17 Å². The second-order valence-corrected chi connectivity index (χ2v) is 7.62. The average Bonchev–Trinajstić information content (AvgIpc) is 3.15. The minimum absolute atomic E-state index is 0.233. The fraction of sp³-hybridized carbons (Fsp3) is 0.762. The quantitative estimate of drug-likeness (QED) is 0.333. The maximum Gasteiger partial charge on any atom is 0.305 e. The molecule has 2 rings (SSSR count). The van der Waals surface area contributed by atoms with Crippen LogP contribution >= 0.6 is 0 Å². The van der Waals surface area contributed by atoms with E-state index in [2.05, 4.69) is 4.74 Å². The zero-order valence-electron chi connectivity index (χ0n) is 16.6. The molecule has 1 saturated carbocycles. The number of esters is 1. The Morgan fingerprint density at radius 1 is 1.43 bits per heavy atom. The zero-order valence-corrected chi connectivity index (χ0v) is 16.6. The second kappa shape index (κ2) is 10.9. The van der Waals surface area contributed by atoms with Crippen molar-refractivity contribution in [3.05, 3.63) is 24.0 Å². The standard InChI is InChI=1S/C21H32F2O5/c1-3-4-7-14(22)15(24)11-10-13-16(25)12-18-20(13)21(23)17(28-18)8-5-6-9-19(26)27-2/h8,10-11,13-16,18,20-21,24-25H,3-7,9,12H2,1-2H3/t13-,14?,15+,16+,18+,20+,21+/m0/s1. The lowest BCUT2D eigenvalue weighted by Crippen LogP contribution is -2.26. The molecule has 1 aliphatic heterocycles. The summed E-state index contributed by atoms with van der Waals surface area (Å²) in [5.41, 5.74) is 0. The number of aliphatic hydroxyl groups excluding tert-OH is 2. The second-order valence-electron chi connectivity index (χ2n) is 7.62. The van der Waals surface area contributed by atoms with E-state index in [9.17, 15) is 23.8 Å².